The van der Waals surface area contributed by atoms with Crippen LogP contribution >= 0.6 is 27.5 Å². The van der Waals surface area contributed by atoms with Gasteiger partial charge in [-0.05, 0) is 34.8 Å². The second kappa shape index (κ2) is 4.31. The molecule has 1 saturated carbocycles. The summed E-state index contributed by atoms with van der Waals surface area (Å²) >= 11 is 9.20. The number of pyridine rings is 1. The molecule has 4 nitrogen and oxygen atoms in total. The van der Waals surface area contributed by atoms with E-state index in [9.17, 15) is 4.79 Å². The molecule has 0 spiro atoms. The molecule has 1 fully saturated rings. The minimum Gasteiger partial charge on any atom is -0.299 e. The van der Waals surface area contributed by atoms with Crippen molar-refractivity contribution in [1.82, 2.24) is 14.5 Å². The molecule has 18 heavy (non-hydrogen) atoms. The van der Waals surface area contributed by atoms with E-state index in [1.165, 1.54) is 6.42 Å². The molecule has 6 heteroatoms. The monoisotopic (exact) mass is 327 g/mol. The van der Waals surface area contributed by atoms with Gasteiger partial charge in [-0.1, -0.05) is 18.0 Å². The molecule has 94 valence electrons. The number of halogens is 2. The average Bonchev–Trinajstić information content (AvgIpc) is 2.24. The van der Waals surface area contributed by atoms with Crippen molar-refractivity contribution in [2.75, 3.05) is 0 Å². The van der Waals surface area contributed by atoms with Gasteiger partial charge in [0.2, 0.25) is 0 Å². The number of aromatic nitrogens is 3. The molecule has 2 aromatic heterocycles. The van der Waals surface area contributed by atoms with Gasteiger partial charge in [0, 0.05) is 13.0 Å². The number of rotatable bonds is 1. The molecule has 0 aromatic carbocycles. The molecule has 0 amide bonds. The molecule has 0 radical (unpaired) electrons. The summed E-state index contributed by atoms with van der Waals surface area (Å²) in [6, 6.07) is 1.57. The maximum Gasteiger partial charge on any atom is 0.261 e. The van der Waals surface area contributed by atoms with Crippen LogP contribution < -0.4 is 5.56 Å². The molecule has 0 saturated heterocycles. The summed E-state index contributed by atoms with van der Waals surface area (Å²) in [6.45, 7) is 0. The second-order valence-corrected chi connectivity index (χ2v) is 5.73. The molecule has 1 aliphatic carbocycles. The summed E-state index contributed by atoms with van der Waals surface area (Å²) in [4.78, 5) is 21.0. The third-order valence-electron chi connectivity index (χ3n) is 3.49. The summed E-state index contributed by atoms with van der Waals surface area (Å²) in [7, 11) is 1.77. The fourth-order valence-corrected chi connectivity index (χ4v) is 3.04. The van der Waals surface area contributed by atoms with Crippen molar-refractivity contribution in [2.24, 2.45) is 7.05 Å². The van der Waals surface area contributed by atoms with Crippen molar-refractivity contribution in [3.63, 3.8) is 0 Å². The van der Waals surface area contributed by atoms with Crippen LogP contribution in [-0.2, 0) is 7.05 Å². The van der Waals surface area contributed by atoms with Gasteiger partial charge in [0.1, 0.15) is 21.1 Å². The lowest BCUT2D eigenvalue weighted by Crippen LogP contribution is -2.27. The maximum absolute atomic E-state index is 12.3. The van der Waals surface area contributed by atoms with Gasteiger partial charge in [0.05, 0.1) is 5.39 Å². The van der Waals surface area contributed by atoms with Gasteiger partial charge in [0.25, 0.3) is 5.56 Å². The third-order valence-corrected chi connectivity index (χ3v) is 4.24. The van der Waals surface area contributed by atoms with Crippen LogP contribution in [0, 0.1) is 0 Å². The first-order valence-corrected chi connectivity index (χ1v) is 6.97. The Kier molecular flexibility index (Phi) is 2.90. The Bertz CT molecular complexity index is 694. The number of fused-ring (bicyclic) bond motifs is 1. The first-order valence-electron chi connectivity index (χ1n) is 5.80. The quantitative estimate of drug-likeness (QED) is 0.756. The van der Waals surface area contributed by atoms with E-state index in [1.54, 1.807) is 17.7 Å². The van der Waals surface area contributed by atoms with E-state index in [0.717, 1.165) is 18.7 Å². The zero-order valence-corrected chi connectivity index (χ0v) is 12.1. The molecule has 0 aliphatic heterocycles. The summed E-state index contributed by atoms with van der Waals surface area (Å²) in [5.74, 6) is 1.25. The predicted octanol–water partition coefficient (Wildman–Crippen LogP) is 3.01. The lowest BCUT2D eigenvalue weighted by Gasteiger charge is -2.26. The maximum atomic E-state index is 12.3. The molecule has 0 N–H and O–H groups in total. The number of hydrogen-bond donors (Lipinski definition) is 0. The normalized spacial score (nSPS) is 15.9. The van der Waals surface area contributed by atoms with Gasteiger partial charge in [0.15, 0.2) is 0 Å². The van der Waals surface area contributed by atoms with Crippen molar-refractivity contribution in [1.29, 1.82) is 0 Å². The highest BCUT2D eigenvalue weighted by Gasteiger charge is 2.25. The van der Waals surface area contributed by atoms with Crippen molar-refractivity contribution < 1.29 is 0 Å². The van der Waals surface area contributed by atoms with Crippen molar-refractivity contribution >= 4 is 38.4 Å². The molecule has 3 rings (SSSR count). The molecule has 1 aliphatic rings. The van der Waals surface area contributed by atoms with Crippen LogP contribution in [0.15, 0.2) is 15.5 Å². The lowest BCUT2D eigenvalue weighted by atomic mass is 9.84. The predicted molar refractivity (Wildman–Crippen MR) is 74.1 cm³/mol. The van der Waals surface area contributed by atoms with Crippen molar-refractivity contribution in [3.05, 3.63) is 32.0 Å². The van der Waals surface area contributed by atoms with Crippen LogP contribution in [0.1, 0.15) is 31.0 Å². The zero-order valence-electron chi connectivity index (χ0n) is 9.78. The smallest absolute Gasteiger partial charge is 0.261 e. The van der Waals surface area contributed by atoms with Crippen LogP contribution in [0.25, 0.3) is 10.9 Å². The minimum absolute atomic E-state index is 0.0631. The van der Waals surface area contributed by atoms with Crippen molar-refractivity contribution in [3.8, 4) is 0 Å². The van der Waals surface area contributed by atoms with Gasteiger partial charge < -0.3 is 0 Å². The van der Waals surface area contributed by atoms with Gasteiger partial charge in [-0.2, -0.15) is 0 Å². The summed E-state index contributed by atoms with van der Waals surface area (Å²) in [5.41, 5.74) is 0.538. The van der Waals surface area contributed by atoms with Gasteiger partial charge in [-0.25, -0.2) is 9.97 Å². The largest absolute Gasteiger partial charge is 0.299 e. The molecule has 2 aromatic rings. The zero-order chi connectivity index (χ0) is 12.9. The molecule has 0 atom stereocenters. The van der Waals surface area contributed by atoms with Crippen LogP contribution in [0.4, 0.5) is 0 Å². The first kappa shape index (κ1) is 12.1. The van der Waals surface area contributed by atoms with E-state index in [0.29, 0.717) is 26.6 Å². The summed E-state index contributed by atoms with van der Waals surface area (Å²) in [6.07, 6.45) is 3.41. The Morgan fingerprint density at radius 3 is 2.78 bits per heavy atom. The molecular formula is C12H11BrClN3O. The van der Waals surface area contributed by atoms with E-state index in [4.69, 9.17) is 11.6 Å². The minimum atomic E-state index is -0.0631. The van der Waals surface area contributed by atoms with Crippen molar-refractivity contribution in [2.45, 2.75) is 25.2 Å². The first-order chi connectivity index (χ1) is 8.58. The topological polar surface area (TPSA) is 47.8 Å². The molecule has 0 unspecified atom stereocenters. The summed E-state index contributed by atoms with van der Waals surface area (Å²) < 4.78 is 2.16. The van der Waals surface area contributed by atoms with Crippen LogP contribution in [-0.4, -0.2) is 14.5 Å². The lowest BCUT2D eigenvalue weighted by molar-refractivity contribution is 0.389. The van der Waals surface area contributed by atoms with E-state index in [1.807, 2.05) is 0 Å². The van der Waals surface area contributed by atoms with Crippen LogP contribution in [0.2, 0.25) is 5.15 Å². The van der Waals surface area contributed by atoms with E-state index >= 15 is 0 Å². The Hall–Kier alpha value is -0.940. The SMILES string of the molecule is Cn1c(C2CCC2)nc2c(Br)nc(Cl)cc2c1=O. The van der Waals surface area contributed by atoms with E-state index in [-0.39, 0.29) is 5.56 Å². The third kappa shape index (κ3) is 1.77. The second-order valence-electron chi connectivity index (χ2n) is 4.59. The highest BCUT2D eigenvalue weighted by atomic mass is 79.9. The highest BCUT2D eigenvalue weighted by Crippen LogP contribution is 2.35. The highest BCUT2D eigenvalue weighted by molar-refractivity contribution is 9.10. The summed E-state index contributed by atoms with van der Waals surface area (Å²) in [5, 5.41) is 0.803. The van der Waals surface area contributed by atoms with Gasteiger partial charge >= 0.3 is 0 Å². The van der Waals surface area contributed by atoms with Gasteiger partial charge in [-0.15, -0.1) is 0 Å². The fourth-order valence-electron chi connectivity index (χ4n) is 2.25. The van der Waals surface area contributed by atoms with Gasteiger partial charge in [-0.3, -0.25) is 9.36 Å². The molecule has 0 bridgehead atoms. The Morgan fingerprint density at radius 2 is 2.17 bits per heavy atom. The molecule has 2 heterocycles. The number of nitrogens with zero attached hydrogens (tertiary/aromatic N) is 3. The fraction of sp³-hybridized carbons (Fsp3) is 0.417. The van der Waals surface area contributed by atoms with E-state index < -0.39 is 0 Å². The molecular weight excluding hydrogens is 318 g/mol. The Morgan fingerprint density at radius 1 is 1.44 bits per heavy atom. The van der Waals surface area contributed by atoms with E-state index in [2.05, 4.69) is 25.9 Å². The average molecular weight is 329 g/mol. The standard InChI is InChI=1S/C12H11BrClN3O/c1-17-11(6-3-2-4-6)16-9-7(12(17)18)5-8(14)15-10(9)13/h5-6H,2-4H2,1H3. The Balaban J connectivity index is 2.35. The van der Waals surface area contributed by atoms with Crippen LogP contribution in [0.5, 0.6) is 0 Å². The van der Waals surface area contributed by atoms with Crippen LogP contribution in [0.3, 0.4) is 0 Å². The Labute approximate surface area is 117 Å². The number of hydrogen-bond acceptors (Lipinski definition) is 3.